The normalized spacial score (nSPS) is 12.7. The van der Waals surface area contributed by atoms with E-state index in [0.717, 1.165) is 51.4 Å². The number of aliphatic hydroxyl groups excluding tert-OH is 2. The maximum absolute atomic E-state index is 12.5. The number of unbranched alkanes of at least 4 members (excludes halogenated alkanes) is 52. The molecule has 0 radical (unpaired) electrons. The molecule has 0 aliphatic carbocycles. The smallest absolute Gasteiger partial charge is 0.305 e. The summed E-state index contributed by atoms with van der Waals surface area (Å²) in [4.78, 5) is 24.7. The average molecular weight is 1110 g/mol. The van der Waals surface area contributed by atoms with Gasteiger partial charge in [-0.05, 0) is 64.2 Å². The Labute approximate surface area is 494 Å². The Morgan fingerprint density at radius 3 is 0.987 bits per heavy atom. The first kappa shape index (κ1) is 77.1. The van der Waals surface area contributed by atoms with E-state index in [4.69, 9.17) is 4.74 Å². The van der Waals surface area contributed by atoms with Crippen molar-refractivity contribution < 1.29 is 24.5 Å². The van der Waals surface area contributed by atoms with Crippen LogP contribution in [0, 0.1) is 0 Å². The Morgan fingerprint density at radius 2 is 0.633 bits per heavy atom. The van der Waals surface area contributed by atoms with E-state index in [1.54, 1.807) is 6.08 Å². The molecular formula is C73H139NO5. The van der Waals surface area contributed by atoms with Crippen LogP contribution in [0.25, 0.3) is 0 Å². The van der Waals surface area contributed by atoms with Crippen molar-refractivity contribution in [1.29, 1.82) is 0 Å². The molecule has 0 aromatic carbocycles. The third-order valence-corrected chi connectivity index (χ3v) is 16.7. The van der Waals surface area contributed by atoms with E-state index in [0.29, 0.717) is 19.4 Å². The molecule has 0 aromatic heterocycles. The fraction of sp³-hybridized carbons (Fsp3) is 0.890. The van der Waals surface area contributed by atoms with E-state index in [1.165, 1.54) is 315 Å². The van der Waals surface area contributed by atoms with Gasteiger partial charge in [-0.15, -0.1) is 0 Å². The SMILES string of the molecule is CCCCC/C=C\C/C=C\CCCCCCCCCCCC(=O)OCCCCCCCCCCCCCCCCCCCCCC(=O)NC(CO)C(O)/C=C/CCCCCCCCCCCCCCCCCCCCCCCC. The lowest BCUT2D eigenvalue weighted by Crippen LogP contribution is -2.45. The summed E-state index contributed by atoms with van der Waals surface area (Å²) >= 11 is 0. The Balaban J connectivity index is 3.42. The van der Waals surface area contributed by atoms with E-state index in [2.05, 4.69) is 43.5 Å². The van der Waals surface area contributed by atoms with E-state index >= 15 is 0 Å². The lowest BCUT2D eigenvalue weighted by molar-refractivity contribution is -0.143. The van der Waals surface area contributed by atoms with Gasteiger partial charge in [0.05, 0.1) is 25.4 Å². The second kappa shape index (κ2) is 68.6. The maximum Gasteiger partial charge on any atom is 0.305 e. The monoisotopic (exact) mass is 1110 g/mol. The number of hydrogen-bond donors (Lipinski definition) is 3. The summed E-state index contributed by atoms with van der Waals surface area (Å²) in [6.07, 6.45) is 87.8. The van der Waals surface area contributed by atoms with Crippen LogP contribution in [-0.2, 0) is 14.3 Å². The van der Waals surface area contributed by atoms with Crippen LogP contribution >= 0.6 is 0 Å². The van der Waals surface area contributed by atoms with Gasteiger partial charge in [-0.3, -0.25) is 9.59 Å². The standard InChI is InChI=1S/C73H139NO5/c1-3-5-7-9-11-13-15-17-19-21-23-24-25-26-27-30-33-37-41-45-49-53-57-61-65-71(76)70(69-75)74-72(77)66-62-58-54-50-46-42-38-34-31-28-32-36-40-44-48-52-56-60-64-68-79-73(78)67-63-59-55-51-47-43-39-35-29-22-20-18-16-14-12-10-8-6-4-2/h12,14,18,20,61,65,70-71,75-76H,3-11,13,15-17,19,21-60,62-64,66-69H2,1-2H3,(H,74,77)/b14-12-,20-18-,65-61+. The zero-order chi connectivity index (χ0) is 57.1. The molecule has 0 fully saturated rings. The Hall–Kier alpha value is -1.92. The molecule has 2 atom stereocenters. The summed E-state index contributed by atoms with van der Waals surface area (Å²) < 4.78 is 5.50. The van der Waals surface area contributed by atoms with Crippen molar-refractivity contribution in [2.24, 2.45) is 0 Å². The van der Waals surface area contributed by atoms with Gasteiger partial charge in [0.15, 0.2) is 0 Å². The summed E-state index contributed by atoms with van der Waals surface area (Å²) in [7, 11) is 0. The average Bonchev–Trinajstić information content (AvgIpc) is 3.45. The van der Waals surface area contributed by atoms with E-state index < -0.39 is 12.1 Å². The van der Waals surface area contributed by atoms with Gasteiger partial charge in [0.25, 0.3) is 0 Å². The molecule has 0 heterocycles. The van der Waals surface area contributed by atoms with Crippen LogP contribution in [0.4, 0.5) is 0 Å². The molecule has 0 bridgehead atoms. The van der Waals surface area contributed by atoms with Gasteiger partial charge < -0.3 is 20.3 Å². The number of carbonyl (C=O) groups excluding carboxylic acids is 2. The lowest BCUT2D eigenvalue weighted by atomic mass is 10.0. The van der Waals surface area contributed by atoms with Gasteiger partial charge >= 0.3 is 5.97 Å². The number of aliphatic hydroxyl groups is 2. The molecule has 79 heavy (non-hydrogen) atoms. The minimum Gasteiger partial charge on any atom is -0.466 e. The van der Waals surface area contributed by atoms with Crippen molar-refractivity contribution in [2.75, 3.05) is 13.2 Å². The van der Waals surface area contributed by atoms with Crippen LogP contribution in [0.5, 0.6) is 0 Å². The molecule has 0 saturated carbocycles. The second-order valence-electron chi connectivity index (χ2n) is 24.6. The molecule has 3 N–H and O–H groups in total. The van der Waals surface area contributed by atoms with Crippen molar-refractivity contribution >= 4 is 11.9 Å². The van der Waals surface area contributed by atoms with Gasteiger partial charge in [0, 0.05) is 12.8 Å². The first-order chi connectivity index (χ1) is 39.0. The topological polar surface area (TPSA) is 95.9 Å². The number of hydrogen-bond acceptors (Lipinski definition) is 5. The van der Waals surface area contributed by atoms with Gasteiger partial charge in [0.1, 0.15) is 0 Å². The van der Waals surface area contributed by atoms with Crippen LogP contribution in [0.2, 0.25) is 0 Å². The Bertz CT molecular complexity index is 1280. The number of rotatable bonds is 67. The number of nitrogens with one attached hydrogen (secondary N) is 1. The molecule has 0 aliphatic heterocycles. The first-order valence-corrected chi connectivity index (χ1v) is 35.8. The molecular weight excluding hydrogens is 971 g/mol. The molecule has 466 valence electrons. The van der Waals surface area contributed by atoms with Crippen LogP contribution in [-0.4, -0.2) is 47.4 Å². The van der Waals surface area contributed by atoms with Crippen LogP contribution in [0.15, 0.2) is 36.5 Å². The third-order valence-electron chi connectivity index (χ3n) is 16.7. The van der Waals surface area contributed by atoms with E-state index in [-0.39, 0.29) is 18.5 Å². The fourth-order valence-electron chi connectivity index (χ4n) is 11.2. The van der Waals surface area contributed by atoms with Crippen molar-refractivity contribution in [3.8, 4) is 0 Å². The lowest BCUT2D eigenvalue weighted by Gasteiger charge is -2.20. The zero-order valence-electron chi connectivity index (χ0n) is 53.4. The molecule has 6 heteroatoms. The molecule has 2 unspecified atom stereocenters. The number of esters is 1. The highest BCUT2D eigenvalue weighted by atomic mass is 16.5. The number of allylic oxidation sites excluding steroid dienone is 5. The summed E-state index contributed by atoms with van der Waals surface area (Å²) in [6, 6.07) is -0.632. The van der Waals surface area contributed by atoms with Crippen molar-refractivity contribution in [3.05, 3.63) is 36.5 Å². The molecule has 6 nitrogen and oxygen atoms in total. The van der Waals surface area contributed by atoms with Crippen molar-refractivity contribution in [3.63, 3.8) is 0 Å². The molecule has 1 amide bonds. The fourth-order valence-corrected chi connectivity index (χ4v) is 11.2. The summed E-state index contributed by atoms with van der Waals surface area (Å²) in [6.45, 7) is 4.91. The number of amides is 1. The quantitative estimate of drug-likeness (QED) is 0.0320. The molecule has 0 aromatic rings. The Kier molecular flexibility index (Phi) is 66.9. The summed E-state index contributed by atoms with van der Waals surface area (Å²) in [5.74, 6) is -0.0614. The molecule has 0 spiro atoms. The minimum absolute atomic E-state index is 0.00538. The maximum atomic E-state index is 12.5. The van der Waals surface area contributed by atoms with Gasteiger partial charge in [0.2, 0.25) is 5.91 Å². The number of ether oxygens (including phenoxy) is 1. The van der Waals surface area contributed by atoms with Crippen LogP contribution in [0.1, 0.15) is 393 Å². The predicted molar refractivity (Wildman–Crippen MR) is 347 cm³/mol. The molecule has 0 saturated heterocycles. The minimum atomic E-state index is -0.849. The van der Waals surface area contributed by atoms with Crippen molar-refractivity contribution in [2.45, 2.75) is 405 Å². The number of carbonyl (C=O) groups is 2. The highest BCUT2D eigenvalue weighted by molar-refractivity contribution is 5.76. The zero-order valence-corrected chi connectivity index (χ0v) is 53.4. The highest BCUT2D eigenvalue weighted by Crippen LogP contribution is 2.19. The van der Waals surface area contributed by atoms with Crippen LogP contribution in [0.3, 0.4) is 0 Å². The highest BCUT2D eigenvalue weighted by Gasteiger charge is 2.18. The van der Waals surface area contributed by atoms with Crippen LogP contribution < -0.4 is 5.32 Å². The third kappa shape index (κ3) is 65.1. The van der Waals surface area contributed by atoms with Crippen molar-refractivity contribution in [1.82, 2.24) is 5.32 Å². The van der Waals surface area contributed by atoms with E-state index in [9.17, 15) is 19.8 Å². The molecule has 0 rings (SSSR count). The second-order valence-corrected chi connectivity index (χ2v) is 24.6. The van der Waals surface area contributed by atoms with Gasteiger partial charge in [-0.1, -0.05) is 352 Å². The predicted octanol–water partition coefficient (Wildman–Crippen LogP) is 23.1. The summed E-state index contributed by atoms with van der Waals surface area (Å²) in [5, 5.41) is 23.3. The van der Waals surface area contributed by atoms with E-state index in [1.807, 2.05) is 6.08 Å². The molecule has 0 aliphatic rings. The summed E-state index contributed by atoms with van der Waals surface area (Å²) in [5.41, 5.74) is 0. The first-order valence-electron chi connectivity index (χ1n) is 35.8. The largest absolute Gasteiger partial charge is 0.466 e. The van der Waals surface area contributed by atoms with Gasteiger partial charge in [-0.2, -0.15) is 0 Å². The Morgan fingerprint density at radius 1 is 0.354 bits per heavy atom. The van der Waals surface area contributed by atoms with Gasteiger partial charge in [-0.25, -0.2) is 0 Å².